The molecule has 0 bridgehead atoms. The Morgan fingerprint density at radius 3 is 2.70 bits per heavy atom. The fraction of sp³-hybridized carbons (Fsp3) is 0.438. The highest BCUT2D eigenvalue weighted by Gasteiger charge is 2.11. The highest BCUT2D eigenvalue weighted by Crippen LogP contribution is 2.22. The minimum atomic E-state index is -1.05. The molecule has 1 aromatic carbocycles. The van der Waals surface area contributed by atoms with E-state index in [4.69, 9.17) is 14.3 Å². The molecule has 1 aromatic heterocycles. The van der Waals surface area contributed by atoms with Crippen LogP contribution in [-0.4, -0.2) is 17.7 Å². The molecule has 0 aliphatic carbocycles. The number of carboxylic acid groups (broad SMARTS) is 1. The average Bonchev–Trinajstić information content (AvgIpc) is 2.76. The normalized spacial score (nSPS) is 11.9. The van der Waals surface area contributed by atoms with Crippen molar-refractivity contribution in [1.82, 2.24) is 0 Å². The first-order valence-corrected chi connectivity index (χ1v) is 6.69. The van der Waals surface area contributed by atoms with Gasteiger partial charge in [-0.2, -0.15) is 0 Å². The molecule has 0 fully saturated rings. The van der Waals surface area contributed by atoms with Crippen molar-refractivity contribution in [2.45, 2.75) is 33.8 Å². The molecule has 2 rings (SSSR count). The summed E-state index contributed by atoms with van der Waals surface area (Å²) in [5, 5.41) is 9.68. The zero-order valence-electron chi connectivity index (χ0n) is 12.1. The minimum absolute atomic E-state index is 0.0363. The molecule has 4 nitrogen and oxygen atoms in total. The van der Waals surface area contributed by atoms with E-state index in [1.807, 2.05) is 12.1 Å². The van der Waals surface area contributed by atoms with Crippen LogP contribution < -0.4 is 0 Å². The van der Waals surface area contributed by atoms with E-state index in [1.54, 1.807) is 6.07 Å². The van der Waals surface area contributed by atoms with Gasteiger partial charge in [0.2, 0.25) is 5.76 Å². The molecule has 0 saturated heterocycles. The maximum Gasteiger partial charge on any atom is 0.371 e. The molecule has 1 heterocycles. The molecule has 0 aliphatic rings. The van der Waals surface area contributed by atoms with Crippen LogP contribution in [-0.2, 0) is 11.3 Å². The average molecular weight is 276 g/mol. The molecule has 0 atom stereocenters. The quantitative estimate of drug-likeness (QED) is 0.836. The van der Waals surface area contributed by atoms with Gasteiger partial charge in [0.25, 0.3) is 0 Å². The molecular formula is C16H20O4. The number of benzene rings is 1. The summed E-state index contributed by atoms with van der Waals surface area (Å²) in [6, 6.07) is 7.12. The summed E-state index contributed by atoms with van der Waals surface area (Å²) < 4.78 is 10.9. The number of aromatic carboxylic acids is 1. The van der Waals surface area contributed by atoms with E-state index in [1.165, 1.54) is 6.07 Å². The fourth-order valence-electron chi connectivity index (χ4n) is 1.86. The molecule has 0 spiro atoms. The molecule has 2 aromatic rings. The Morgan fingerprint density at radius 2 is 2.05 bits per heavy atom. The largest absolute Gasteiger partial charge is 0.475 e. The lowest BCUT2D eigenvalue weighted by Crippen LogP contribution is -2.09. The number of carbonyl (C=O) groups is 1. The maximum absolute atomic E-state index is 10.8. The molecule has 0 aliphatic heterocycles. The second-order valence-corrected chi connectivity index (χ2v) is 6.15. The van der Waals surface area contributed by atoms with Gasteiger partial charge in [-0.3, -0.25) is 0 Å². The van der Waals surface area contributed by atoms with E-state index < -0.39 is 5.97 Å². The second kappa shape index (κ2) is 5.67. The monoisotopic (exact) mass is 276 g/mol. The van der Waals surface area contributed by atoms with Gasteiger partial charge in [-0.1, -0.05) is 26.8 Å². The first-order valence-electron chi connectivity index (χ1n) is 6.69. The Bertz CT molecular complexity index is 604. The van der Waals surface area contributed by atoms with E-state index in [0.29, 0.717) is 18.8 Å². The third-order valence-electron chi connectivity index (χ3n) is 3.06. The van der Waals surface area contributed by atoms with Crippen LogP contribution in [0.1, 0.15) is 43.3 Å². The number of rotatable bonds is 5. The van der Waals surface area contributed by atoms with Crippen molar-refractivity contribution in [2.24, 2.45) is 5.41 Å². The Hall–Kier alpha value is -1.81. The van der Waals surface area contributed by atoms with E-state index in [0.717, 1.165) is 17.4 Å². The maximum atomic E-state index is 10.8. The molecule has 4 heteroatoms. The predicted molar refractivity (Wildman–Crippen MR) is 76.9 cm³/mol. The summed E-state index contributed by atoms with van der Waals surface area (Å²) >= 11 is 0. The van der Waals surface area contributed by atoms with Crippen molar-refractivity contribution in [1.29, 1.82) is 0 Å². The van der Waals surface area contributed by atoms with Crippen LogP contribution in [0.4, 0.5) is 0 Å². The standard InChI is InChI=1S/C16H20O4/c1-16(2,3)6-7-19-10-11-4-5-13-12(8-11)9-14(20-13)15(17)18/h4-5,8-9H,6-7,10H2,1-3H3,(H,17,18). The van der Waals surface area contributed by atoms with Gasteiger partial charge in [0.1, 0.15) is 5.58 Å². The molecule has 108 valence electrons. The zero-order valence-corrected chi connectivity index (χ0v) is 12.1. The van der Waals surface area contributed by atoms with Gasteiger partial charge in [0.15, 0.2) is 0 Å². The number of fused-ring (bicyclic) bond motifs is 1. The van der Waals surface area contributed by atoms with Crippen molar-refractivity contribution in [2.75, 3.05) is 6.61 Å². The van der Waals surface area contributed by atoms with Crippen LogP contribution in [0.25, 0.3) is 11.0 Å². The first-order chi connectivity index (χ1) is 9.35. The van der Waals surface area contributed by atoms with Crippen LogP contribution in [0, 0.1) is 5.41 Å². The van der Waals surface area contributed by atoms with Crippen molar-refractivity contribution < 1.29 is 19.1 Å². The van der Waals surface area contributed by atoms with Crippen LogP contribution in [0.15, 0.2) is 28.7 Å². The van der Waals surface area contributed by atoms with Crippen LogP contribution in [0.3, 0.4) is 0 Å². The van der Waals surface area contributed by atoms with Crippen molar-refractivity contribution >= 4 is 16.9 Å². The Kier molecular flexibility index (Phi) is 4.14. The third-order valence-corrected chi connectivity index (χ3v) is 3.06. The molecular weight excluding hydrogens is 256 g/mol. The summed E-state index contributed by atoms with van der Waals surface area (Å²) in [4.78, 5) is 10.8. The molecule has 0 saturated carbocycles. The van der Waals surface area contributed by atoms with Crippen LogP contribution in [0.2, 0.25) is 0 Å². The SMILES string of the molecule is CC(C)(C)CCOCc1ccc2oc(C(=O)O)cc2c1. The summed E-state index contributed by atoms with van der Waals surface area (Å²) in [5.41, 5.74) is 1.87. The van der Waals surface area contributed by atoms with Gasteiger partial charge < -0.3 is 14.3 Å². The van der Waals surface area contributed by atoms with E-state index in [2.05, 4.69) is 20.8 Å². The second-order valence-electron chi connectivity index (χ2n) is 6.15. The number of furan rings is 1. The minimum Gasteiger partial charge on any atom is -0.475 e. The topological polar surface area (TPSA) is 59.7 Å². The van der Waals surface area contributed by atoms with Gasteiger partial charge in [-0.15, -0.1) is 0 Å². The Morgan fingerprint density at radius 1 is 1.30 bits per heavy atom. The van der Waals surface area contributed by atoms with Crippen molar-refractivity contribution in [3.05, 3.63) is 35.6 Å². The van der Waals surface area contributed by atoms with Gasteiger partial charge in [0, 0.05) is 12.0 Å². The fourth-order valence-corrected chi connectivity index (χ4v) is 1.86. The highest BCUT2D eigenvalue weighted by molar-refractivity contribution is 5.91. The summed E-state index contributed by atoms with van der Waals surface area (Å²) in [6.45, 7) is 7.79. The van der Waals surface area contributed by atoms with Gasteiger partial charge >= 0.3 is 5.97 Å². The number of hydrogen-bond donors (Lipinski definition) is 1. The number of hydrogen-bond acceptors (Lipinski definition) is 3. The molecule has 1 N–H and O–H groups in total. The number of ether oxygens (including phenoxy) is 1. The number of carboxylic acids is 1. The third kappa shape index (κ3) is 3.84. The summed E-state index contributed by atoms with van der Waals surface area (Å²) in [7, 11) is 0. The predicted octanol–water partition coefficient (Wildman–Crippen LogP) is 4.08. The smallest absolute Gasteiger partial charge is 0.371 e. The van der Waals surface area contributed by atoms with Gasteiger partial charge in [0.05, 0.1) is 6.61 Å². The summed E-state index contributed by atoms with van der Waals surface area (Å²) in [5.74, 6) is -1.09. The summed E-state index contributed by atoms with van der Waals surface area (Å²) in [6.07, 6.45) is 1.00. The van der Waals surface area contributed by atoms with E-state index in [9.17, 15) is 4.79 Å². The van der Waals surface area contributed by atoms with Crippen molar-refractivity contribution in [3.8, 4) is 0 Å². The highest BCUT2D eigenvalue weighted by atomic mass is 16.5. The van der Waals surface area contributed by atoms with Crippen LogP contribution in [0.5, 0.6) is 0 Å². The lowest BCUT2D eigenvalue weighted by Gasteiger charge is -2.17. The van der Waals surface area contributed by atoms with Gasteiger partial charge in [-0.05, 0) is 35.6 Å². The molecule has 0 amide bonds. The van der Waals surface area contributed by atoms with Crippen LogP contribution >= 0.6 is 0 Å². The lowest BCUT2D eigenvalue weighted by atomic mass is 9.93. The molecule has 20 heavy (non-hydrogen) atoms. The van der Waals surface area contributed by atoms with Crippen molar-refractivity contribution in [3.63, 3.8) is 0 Å². The molecule has 0 radical (unpaired) electrons. The lowest BCUT2D eigenvalue weighted by molar-refractivity contribution is 0.0665. The van der Waals surface area contributed by atoms with E-state index in [-0.39, 0.29) is 11.2 Å². The first kappa shape index (κ1) is 14.6. The van der Waals surface area contributed by atoms with E-state index >= 15 is 0 Å². The van der Waals surface area contributed by atoms with Gasteiger partial charge in [-0.25, -0.2) is 4.79 Å². The molecule has 0 unspecified atom stereocenters. The Labute approximate surface area is 118 Å². The zero-order chi connectivity index (χ0) is 14.8. The Balaban J connectivity index is 1.99.